The molecular weight excluding hydrogens is 196 g/mol. The van der Waals surface area contributed by atoms with Crippen LogP contribution in [-0.4, -0.2) is 10.7 Å². The summed E-state index contributed by atoms with van der Waals surface area (Å²) in [6, 6.07) is 8.09. The molecule has 0 aliphatic carbocycles. The minimum atomic E-state index is -0.769. The molecule has 1 nitrogen and oxygen atoms in total. The van der Waals surface area contributed by atoms with Crippen LogP contribution in [0.1, 0.15) is 25.0 Å². The number of ketones is 1. The van der Waals surface area contributed by atoms with Crippen LogP contribution in [0.2, 0.25) is 0 Å². The predicted molar refractivity (Wildman–Crippen MR) is 59.8 cm³/mol. The van der Waals surface area contributed by atoms with E-state index in [0.29, 0.717) is 6.42 Å². The van der Waals surface area contributed by atoms with Crippen molar-refractivity contribution in [2.45, 2.75) is 32.1 Å². The maximum Gasteiger partial charge on any atom is 0.150 e. The monoisotopic (exact) mass is 210 g/mol. The van der Waals surface area contributed by atoms with E-state index < -0.39 is 4.87 Å². The molecule has 14 heavy (non-hydrogen) atoms. The van der Waals surface area contributed by atoms with Crippen molar-refractivity contribution in [3.8, 4) is 0 Å². The number of carbonyl (C=O) groups excluding carboxylic acids is 1. The van der Waals surface area contributed by atoms with Crippen molar-refractivity contribution in [2.24, 2.45) is 0 Å². The molecule has 0 saturated heterocycles. The van der Waals surface area contributed by atoms with Gasteiger partial charge in [-0.3, -0.25) is 4.79 Å². The second-order valence-corrected chi connectivity index (χ2v) is 4.75. The highest BCUT2D eigenvalue weighted by Crippen LogP contribution is 2.21. The minimum absolute atomic E-state index is 0.0136. The van der Waals surface area contributed by atoms with Crippen molar-refractivity contribution in [3.05, 3.63) is 35.4 Å². The Morgan fingerprint density at radius 3 is 2.29 bits per heavy atom. The molecule has 1 aromatic rings. The molecule has 0 radical (unpaired) electrons. The van der Waals surface area contributed by atoms with Gasteiger partial charge >= 0.3 is 0 Å². The number of benzene rings is 1. The van der Waals surface area contributed by atoms with Crippen LogP contribution in [0.3, 0.4) is 0 Å². The number of aryl methyl sites for hydroxylation is 1. The number of rotatable bonds is 3. The minimum Gasteiger partial charge on any atom is -0.298 e. The third-order valence-electron chi connectivity index (χ3n) is 2.39. The highest BCUT2D eigenvalue weighted by Gasteiger charge is 2.26. The number of hydrogen-bond donors (Lipinski definition) is 0. The molecule has 0 aromatic heterocycles. The third-order valence-corrected chi connectivity index (χ3v) is 2.79. The van der Waals surface area contributed by atoms with Crippen molar-refractivity contribution in [2.75, 3.05) is 0 Å². The van der Waals surface area contributed by atoms with Gasteiger partial charge in [0, 0.05) is 0 Å². The lowest BCUT2D eigenvalue weighted by Crippen LogP contribution is -2.28. The normalized spacial score (nSPS) is 14.9. The first-order valence-electron chi connectivity index (χ1n) is 4.67. The molecule has 0 aliphatic rings. The predicted octanol–water partition coefficient (Wildman–Crippen LogP) is 3.12. The molecule has 0 amide bonds. The van der Waals surface area contributed by atoms with Crippen molar-refractivity contribution in [1.29, 1.82) is 0 Å². The molecule has 0 saturated carbocycles. The molecule has 0 aliphatic heterocycles. The summed E-state index contributed by atoms with van der Waals surface area (Å²) < 4.78 is 0. The lowest BCUT2D eigenvalue weighted by Gasteiger charge is -2.18. The second kappa shape index (κ2) is 4.14. The highest BCUT2D eigenvalue weighted by atomic mass is 35.5. The van der Waals surface area contributed by atoms with Crippen LogP contribution >= 0.6 is 11.6 Å². The quantitative estimate of drug-likeness (QED) is 0.701. The van der Waals surface area contributed by atoms with Gasteiger partial charge in [0.25, 0.3) is 0 Å². The van der Waals surface area contributed by atoms with Gasteiger partial charge in [-0.05, 0) is 32.8 Å². The molecule has 0 bridgehead atoms. The Bertz CT molecular complexity index is 325. The summed E-state index contributed by atoms with van der Waals surface area (Å²) in [6.45, 7) is 5.33. The SMILES string of the molecule is CC(=O)C(C)(Cl)Cc1ccc(C)cc1. The molecule has 0 spiro atoms. The van der Waals surface area contributed by atoms with Crippen LogP contribution in [0.5, 0.6) is 0 Å². The second-order valence-electron chi connectivity index (χ2n) is 3.92. The van der Waals surface area contributed by atoms with Gasteiger partial charge in [-0.25, -0.2) is 0 Å². The summed E-state index contributed by atoms with van der Waals surface area (Å²) in [5.41, 5.74) is 2.32. The Kier molecular flexibility index (Phi) is 3.33. The van der Waals surface area contributed by atoms with E-state index in [1.54, 1.807) is 6.92 Å². The third kappa shape index (κ3) is 2.85. The number of carbonyl (C=O) groups is 1. The Balaban J connectivity index is 2.79. The Morgan fingerprint density at radius 2 is 1.86 bits per heavy atom. The summed E-state index contributed by atoms with van der Waals surface area (Å²) >= 11 is 6.10. The van der Waals surface area contributed by atoms with Gasteiger partial charge in [0.15, 0.2) is 5.78 Å². The van der Waals surface area contributed by atoms with E-state index in [4.69, 9.17) is 11.6 Å². The van der Waals surface area contributed by atoms with Crippen molar-refractivity contribution < 1.29 is 4.79 Å². The van der Waals surface area contributed by atoms with Gasteiger partial charge < -0.3 is 0 Å². The molecule has 0 heterocycles. The zero-order chi connectivity index (χ0) is 10.8. The Labute approximate surface area is 90.1 Å². The first-order chi connectivity index (χ1) is 6.42. The largest absolute Gasteiger partial charge is 0.298 e. The van der Waals surface area contributed by atoms with E-state index in [-0.39, 0.29) is 5.78 Å². The van der Waals surface area contributed by atoms with Gasteiger partial charge in [-0.2, -0.15) is 0 Å². The Hall–Kier alpha value is -0.820. The molecule has 0 fully saturated rings. The van der Waals surface area contributed by atoms with Gasteiger partial charge in [-0.15, -0.1) is 11.6 Å². The van der Waals surface area contributed by atoms with Crippen molar-refractivity contribution >= 4 is 17.4 Å². The summed E-state index contributed by atoms with van der Waals surface area (Å²) in [4.78, 5) is 10.4. The number of hydrogen-bond acceptors (Lipinski definition) is 1. The maximum absolute atomic E-state index is 11.2. The average Bonchev–Trinajstić information content (AvgIpc) is 2.08. The van der Waals surface area contributed by atoms with Gasteiger partial charge in [-0.1, -0.05) is 29.8 Å². The van der Waals surface area contributed by atoms with E-state index in [9.17, 15) is 4.79 Å². The number of halogens is 1. The van der Waals surface area contributed by atoms with E-state index >= 15 is 0 Å². The van der Waals surface area contributed by atoms with Crippen LogP contribution in [0, 0.1) is 6.92 Å². The van der Waals surface area contributed by atoms with E-state index in [1.165, 1.54) is 12.5 Å². The summed E-state index contributed by atoms with van der Waals surface area (Å²) in [7, 11) is 0. The maximum atomic E-state index is 11.2. The van der Waals surface area contributed by atoms with E-state index in [0.717, 1.165) is 5.56 Å². The summed E-state index contributed by atoms with van der Waals surface area (Å²) in [6.07, 6.45) is 0.587. The number of Topliss-reactive ketones (excluding diaryl/α,β-unsaturated/α-hetero) is 1. The van der Waals surface area contributed by atoms with Gasteiger partial charge in [0.2, 0.25) is 0 Å². The molecule has 2 heteroatoms. The van der Waals surface area contributed by atoms with Gasteiger partial charge in [0.1, 0.15) is 4.87 Å². The van der Waals surface area contributed by atoms with Crippen LogP contribution in [-0.2, 0) is 11.2 Å². The van der Waals surface area contributed by atoms with Gasteiger partial charge in [0.05, 0.1) is 0 Å². The first kappa shape index (κ1) is 11.3. The van der Waals surface area contributed by atoms with Crippen LogP contribution in [0.25, 0.3) is 0 Å². The molecule has 1 aromatic carbocycles. The Morgan fingerprint density at radius 1 is 1.36 bits per heavy atom. The lowest BCUT2D eigenvalue weighted by molar-refractivity contribution is -0.119. The van der Waals surface area contributed by atoms with Crippen LogP contribution in [0.4, 0.5) is 0 Å². The molecular formula is C12H15ClO. The van der Waals surface area contributed by atoms with Crippen molar-refractivity contribution in [3.63, 3.8) is 0 Å². The summed E-state index contributed by atoms with van der Waals surface area (Å²) in [5, 5.41) is 0. The van der Waals surface area contributed by atoms with Crippen LogP contribution < -0.4 is 0 Å². The molecule has 76 valence electrons. The first-order valence-corrected chi connectivity index (χ1v) is 5.05. The fourth-order valence-corrected chi connectivity index (χ4v) is 1.37. The zero-order valence-corrected chi connectivity index (χ0v) is 9.56. The highest BCUT2D eigenvalue weighted by molar-refractivity contribution is 6.34. The molecule has 1 rings (SSSR count). The fourth-order valence-electron chi connectivity index (χ4n) is 1.21. The molecule has 0 N–H and O–H groups in total. The standard InChI is InChI=1S/C12H15ClO/c1-9-4-6-11(7-5-9)8-12(3,13)10(2)14/h4-7H,8H2,1-3H3. The lowest BCUT2D eigenvalue weighted by atomic mass is 9.96. The van der Waals surface area contributed by atoms with E-state index in [2.05, 4.69) is 0 Å². The molecule has 1 atom stereocenters. The zero-order valence-electron chi connectivity index (χ0n) is 8.80. The molecule has 1 unspecified atom stereocenters. The fraction of sp³-hybridized carbons (Fsp3) is 0.417. The van der Waals surface area contributed by atoms with E-state index in [1.807, 2.05) is 31.2 Å². The number of alkyl halides is 1. The van der Waals surface area contributed by atoms with Crippen molar-refractivity contribution in [1.82, 2.24) is 0 Å². The smallest absolute Gasteiger partial charge is 0.150 e. The topological polar surface area (TPSA) is 17.1 Å². The van der Waals surface area contributed by atoms with Crippen LogP contribution in [0.15, 0.2) is 24.3 Å². The summed E-state index contributed by atoms with van der Waals surface area (Å²) in [5.74, 6) is 0.0136. The average molecular weight is 211 g/mol.